The Balaban J connectivity index is 2.10. The van der Waals surface area contributed by atoms with Gasteiger partial charge in [0.25, 0.3) is 0 Å². The van der Waals surface area contributed by atoms with Gasteiger partial charge in [-0.1, -0.05) is 19.8 Å². The molecule has 0 aliphatic heterocycles. The monoisotopic (exact) mass is 275 g/mol. The molecule has 3 nitrogen and oxygen atoms in total. The Morgan fingerprint density at radius 1 is 1.35 bits per heavy atom. The fourth-order valence-corrected chi connectivity index (χ4v) is 3.34. The quantitative estimate of drug-likeness (QED) is 0.930. The van der Waals surface area contributed by atoms with Gasteiger partial charge in [0.05, 0.1) is 11.0 Å². The second-order valence-corrected chi connectivity index (χ2v) is 5.81. The first-order valence-electron chi connectivity index (χ1n) is 7.62. The molecule has 20 heavy (non-hydrogen) atoms. The van der Waals surface area contributed by atoms with Gasteiger partial charge in [-0.05, 0) is 31.4 Å². The average molecular weight is 275 g/mol. The minimum atomic E-state index is -0.224. The summed E-state index contributed by atoms with van der Waals surface area (Å²) in [5, 5.41) is 0. The van der Waals surface area contributed by atoms with Gasteiger partial charge >= 0.3 is 0 Å². The Hall–Kier alpha value is -1.42. The number of hydrogen-bond donors (Lipinski definition) is 1. The van der Waals surface area contributed by atoms with Gasteiger partial charge in [0.2, 0.25) is 0 Å². The fraction of sp³-hybridized carbons (Fsp3) is 0.562. The largest absolute Gasteiger partial charge is 0.328 e. The number of benzene rings is 1. The van der Waals surface area contributed by atoms with Gasteiger partial charge in [-0.2, -0.15) is 0 Å². The van der Waals surface area contributed by atoms with Crippen molar-refractivity contribution < 1.29 is 4.39 Å². The highest BCUT2D eigenvalue weighted by molar-refractivity contribution is 5.76. The van der Waals surface area contributed by atoms with E-state index >= 15 is 0 Å². The Morgan fingerprint density at radius 3 is 2.90 bits per heavy atom. The lowest BCUT2D eigenvalue weighted by molar-refractivity contribution is 0.364. The van der Waals surface area contributed by atoms with Crippen molar-refractivity contribution in [3.05, 3.63) is 29.8 Å². The van der Waals surface area contributed by atoms with Crippen LogP contribution in [0.5, 0.6) is 0 Å². The van der Waals surface area contributed by atoms with Crippen LogP contribution in [0.25, 0.3) is 11.0 Å². The zero-order chi connectivity index (χ0) is 14.1. The van der Waals surface area contributed by atoms with Crippen molar-refractivity contribution in [3.8, 4) is 0 Å². The van der Waals surface area contributed by atoms with Crippen molar-refractivity contribution in [2.24, 2.45) is 5.73 Å². The predicted octanol–water partition coefficient (Wildman–Crippen LogP) is 3.57. The fourth-order valence-electron chi connectivity index (χ4n) is 3.34. The number of rotatable bonds is 3. The van der Waals surface area contributed by atoms with Gasteiger partial charge in [-0.3, -0.25) is 0 Å². The van der Waals surface area contributed by atoms with Gasteiger partial charge in [0.15, 0.2) is 0 Å². The van der Waals surface area contributed by atoms with Crippen LogP contribution in [-0.2, 0) is 6.54 Å². The van der Waals surface area contributed by atoms with E-state index in [1.807, 2.05) is 6.07 Å². The Labute approximate surface area is 119 Å². The molecule has 0 saturated heterocycles. The zero-order valence-corrected chi connectivity index (χ0v) is 12.0. The summed E-state index contributed by atoms with van der Waals surface area (Å²) in [7, 11) is 0. The minimum Gasteiger partial charge on any atom is -0.328 e. The van der Waals surface area contributed by atoms with Gasteiger partial charge in [0.1, 0.15) is 11.6 Å². The molecule has 0 bridgehead atoms. The maximum atomic E-state index is 13.4. The molecule has 108 valence electrons. The molecule has 0 spiro atoms. The predicted molar refractivity (Wildman–Crippen MR) is 79.2 cm³/mol. The maximum Gasteiger partial charge on any atom is 0.125 e. The lowest BCUT2D eigenvalue weighted by Gasteiger charge is -2.28. The molecule has 2 unspecified atom stereocenters. The second-order valence-electron chi connectivity index (χ2n) is 5.81. The number of nitrogens with two attached hydrogens (primary N) is 1. The standard InChI is InChI=1S/C16H22FN3/c1-2-9-20-15-8-7-11(17)10-14(15)19-16(20)12-5-3-4-6-13(12)18/h7-8,10,12-13H,2-6,9,18H2,1H3. The van der Waals surface area contributed by atoms with E-state index in [-0.39, 0.29) is 11.9 Å². The highest BCUT2D eigenvalue weighted by Crippen LogP contribution is 2.33. The SMILES string of the molecule is CCCn1c(C2CCCCC2N)nc2cc(F)ccc21. The van der Waals surface area contributed by atoms with Crippen molar-refractivity contribution in [1.82, 2.24) is 9.55 Å². The average Bonchev–Trinajstić information content (AvgIpc) is 2.77. The van der Waals surface area contributed by atoms with Crippen LogP contribution in [0.15, 0.2) is 18.2 Å². The molecule has 1 aliphatic carbocycles. The molecule has 1 aliphatic rings. The second kappa shape index (κ2) is 5.52. The third-order valence-electron chi connectivity index (χ3n) is 4.34. The van der Waals surface area contributed by atoms with Crippen molar-refractivity contribution in [2.45, 2.75) is 57.5 Å². The smallest absolute Gasteiger partial charge is 0.125 e. The summed E-state index contributed by atoms with van der Waals surface area (Å²) in [5.74, 6) is 1.14. The normalized spacial score (nSPS) is 23.4. The van der Waals surface area contributed by atoms with Gasteiger partial charge < -0.3 is 10.3 Å². The van der Waals surface area contributed by atoms with E-state index in [0.29, 0.717) is 5.92 Å². The number of imidazole rings is 1. The molecular weight excluding hydrogens is 253 g/mol. The van der Waals surface area contributed by atoms with Gasteiger partial charge in [-0.15, -0.1) is 0 Å². The molecule has 1 saturated carbocycles. The molecule has 4 heteroatoms. The molecule has 1 heterocycles. The van der Waals surface area contributed by atoms with E-state index in [4.69, 9.17) is 10.7 Å². The summed E-state index contributed by atoms with van der Waals surface area (Å²) < 4.78 is 15.6. The van der Waals surface area contributed by atoms with Gasteiger partial charge in [0, 0.05) is 24.6 Å². The topological polar surface area (TPSA) is 43.8 Å². The third kappa shape index (κ3) is 2.33. The number of aromatic nitrogens is 2. The van der Waals surface area contributed by atoms with E-state index in [2.05, 4.69) is 11.5 Å². The van der Waals surface area contributed by atoms with Crippen molar-refractivity contribution in [2.75, 3.05) is 0 Å². The highest BCUT2D eigenvalue weighted by atomic mass is 19.1. The van der Waals surface area contributed by atoms with Crippen LogP contribution in [-0.4, -0.2) is 15.6 Å². The lowest BCUT2D eigenvalue weighted by Crippen LogP contribution is -2.33. The number of halogens is 1. The Bertz CT molecular complexity index is 605. The molecule has 0 radical (unpaired) electrons. The molecule has 3 rings (SSSR count). The van der Waals surface area contributed by atoms with Crippen LogP contribution in [0, 0.1) is 5.82 Å². The highest BCUT2D eigenvalue weighted by Gasteiger charge is 2.28. The van der Waals surface area contributed by atoms with Crippen molar-refractivity contribution in [3.63, 3.8) is 0 Å². The molecule has 2 N–H and O–H groups in total. The van der Waals surface area contributed by atoms with Crippen LogP contribution in [0.1, 0.15) is 50.8 Å². The van der Waals surface area contributed by atoms with Crippen LogP contribution in [0.3, 0.4) is 0 Å². The molecule has 1 aromatic heterocycles. The summed E-state index contributed by atoms with van der Waals surface area (Å²) in [6, 6.07) is 5.06. The number of fused-ring (bicyclic) bond motifs is 1. The van der Waals surface area contributed by atoms with Crippen LogP contribution in [0.4, 0.5) is 4.39 Å². The van der Waals surface area contributed by atoms with E-state index in [0.717, 1.165) is 42.7 Å². The first-order chi connectivity index (χ1) is 9.70. The number of aryl methyl sites for hydroxylation is 1. The van der Waals surface area contributed by atoms with E-state index in [9.17, 15) is 4.39 Å². The number of hydrogen-bond acceptors (Lipinski definition) is 2. The zero-order valence-electron chi connectivity index (χ0n) is 12.0. The summed E-state index contributed by atoms with van der Waals surface area (Å²) >= 11 is 0. The third-order valence-corrected chi connectivity index (χ3v) is 4.34. The van der Waals surface area contributed by atoms with Crippen molar-refractivity contribution >= 4 is 11.0 Å². The Morgan fingerprint density at radius 2 is 2.15 bits per heavy atom. The minimum absolute atomic E-state index is 0.181. The van der Waals surface area contributed by atoms with E-state index < -0.39 is 0 Å². The molecular formula is C16H22FN3. The van der Waals surface area contributed by atoms with Crippen molar-refractivity contribution in [1.29, 1.82) is 0 Å². The lowest BCUT2D eigenvalue weighted by atomic mass is 9.84. The summed E-state index contributed by atoms with van der Waals surface area (Å²) in [6.07, 6.45) is 5.62. The van der Waals surface area contributed by atoms with E-state index in [1.54, 1.807) is 0 Å². The Kier molecular flexibility index (Phi) is 3.74. The maximum absolute atomic E-state index is 13.4. The van der Waals surface area contributed by atoms with Crippen LogP contribution >= 0.6 is 0 Å². The molecule has 2 atom stereocenters. The molecule has 1 fully saturated rings. The molecule has 0 amide bonds. The first-order valence-corrected chi connectivity index (χ1v) is 7.62. The summed E-state index contributed by atoms with van der Waals surface area (Å²) in [5.41, 5.74) is 8.08. The number of nitrogens with zero attached hydrogens (tertiary/aromatic N) is 2. The summed E-state index contributed by atoms with van der Waals surface area (Å²) in [6.45, 7) is 3.07. The van der Waals surface area contributed by atoms with Crippen LogP contribution in [0.2, 0.25) is 0 Å². The van der Waals surface area contributed by atoms with Gasteiger partial charge in [-0.25, -0.2) is 9.37 Å². The molecule has 2 aromatic rings. The van der Waals surface area contributed by atoms with E-state index in [1.165, 1.54) is 25.0 Å². The summed E-state index contributed by atoms with van der Waals surface area (Å²) in [4.78, 5) is 4.71. The first kappa shape index (κ1) is 13.6. The van der Waals surface area contributed by atoms with Crippen LogP contribution < -0.4 is 5.73 Å². The molecule has 1 aromatic carbocycles.